The smallest absolute Gasteiger partial charge is 0.103 e. The minimum absolute atomic E-state index is 0.429. The van der Waals surface area contributed by atoms with E-state index < -0.39 is 0 Å². The molecular formula is C14H15N3S. The SMILES string of the molecule is NC(=S)c1ccc(NCCc2ccncc2)cc1. The van der Waals surface area contributed by atoms with Crippen LogP contribution in [0.5, 0.6) is 0 Å². The van der Waals surface area contributed by atoms with Gasteiger partial charge in [0.05, 0.1) is 0 Å². The van der Waals surface area contributed by atoms with Crippen LogP contribution in [0.4, 0.5) is 5.69 Å². The molecule has 0 aliphatic heterocycles. The zero-order valence-electron chi connectivity index (χ0n) is 9.97. The molecule has 0 unspecified atom stereocenters. The molecule has 0 amide bonds. The molecule has 2 aromatic rings. The molecule has 0 aliphatic rings. The lowest BCUT2D eigenvalue weighted by atomic mass is 10.2. The fourth-order valence-corrected chi connectivity index (χ4v) is 1.79. The Morgan fingerprint density at radius 1 is 1.11 bits per heavy atom. The maximum atomic E-state index is 5.55. The van der Waals surface area contributed by atoms with Gasteiger partial charge < -0.3 is 11.1 Å². The van der Waals surface area contributed by atoms with Gasteiger partial charge in [-0.15, -0.1) is 0 Å². The molecule has 0 atom stereocenters. The minimum atomic E-state index is 0.429. The topological polar surface area (TPSA) is 50.9 Å². The van der Waals surface area contributed by atoms with Crippen LogP contribution in [-0.2, 0) is 6.42 Å². The summed E-state index contributed by atoms with van der Waals surface area (Å²) in [5, 5.41) is 3.35. The largest absolute Gasteiger partial charge is 0.389 e. The summed E-state index contributed by atoms with van der Waals surface area (Å²) in [6.45, 7) is 0.885. The standard InChI is InChI=1S/C14H15N3S/c15-14(18)12-1-3-13(4-2-12)17-10-7-11-5-8-16-9-6-11/h1-6,8-9,17H,7,10H2,(H2,15,18). The van der Waals surface area contributed by atoms with E-state index in [0.717, 1.165) is 24.2 Å². The van der Waals surface area contributed by atoms with Crippen LogP contribution in [0.3, 0.4) is 0 Å². The van der Waals surface area contributed by atoms with Gasteiger partial charge in [-0.3, -0.25) is 4.98 Å². The molecule has 3 nitrogen and oxygen atoms in total. The van der Waals surface area contributed by atoms with E-state index in [2.05, 4.69) is 10.3 Å². The average molecular weight is 257 g/mol. The van der Waals surface area contributed by atoms with Crippen molar-refractivity contribution in [1.29, 1.82) is 0 Å². The molecule has 1 aromatic heterocycles. The van der Waals surface area contributed by atoms with E-state index in [1.165, 1.54) is 5.56 Å². The van der Waals surface area contributed by atoms with Gasteiger partial charge in [0.15, 0.2) is 0 Å². The number of rotatable bonds is 5. The van der Waals surface area contributed by atoms with E-state index >= 15 is 0 Å². The molecule has 0 spiro atoms. The van der Waals surface area contributed by atoms with Crippen molar-refractivity contribution in [3.8, 4) is 0 Å². The molecule has 92 valence electrons. The summed E-state index contributed by atoms with van der Waals surface area (Å²) in [4.78, 5) is 4.42. The second kappa shape index (κ2) is 6.12. The van der Waals surface area contributed by atoms with Gasteiger partial charge >= 0.3 is 0 Å². The highest BCUT2D eigenvalue weighted by atomic mass is 32.1. The monoisotopic (exact) mass is 257 g/mol. The van der Waals surface area contributed by atoms with Gasteiger partial charge in [-0.2, -0.15) is 0 Å². The van der Waals surface area contributed by atoms with Crippen LogP contribution in [0.2, 0.25) is 0 Å². The lowest BCUT2D eigenvalue weighted by Gasteiger charge is -2.07. The number of hydrogen-bond acceptors (Lipinski definition) is 3. The highest BCUT2D eigenvalue weighted by Crippen LogP contribution is 2.09. The Hall–Kier alpha value is -1.94. The predicted octanol–water partition coefficient (Wildman–Crippen LogP) is 2.37. The Kier molecular flexibility index (Phi) is 4.25. The first kappa shape index (κ1) is 12.5. The van der Waals surface area contributed by atoms with Crippen molar-refractivity contribution >= 4 is 22.9 Å². The number of pyridine rings is 1. The third-order valence-electron chi connectivity index (χ3n) is 2.66. The Morgan fingerprint density at radius 2 is 1.78 bits per heavy atom. The molecule has 0 saturated carbocycles. The van der Waals surface area contributed by atoms with Crippen LogP contribution < -0.4 is 11.1 Å². The summed E-state index contributed by atoms with van der Waals surface area (Å²) < 4.78 is 0. The van der Waals surface area contributed by atoms with Crippen LogP contribution in [0.1, 0.15) is 11.1 Å². The van der Waals surface area contributed by atoms with Crippen molar-refractivity contribution in [3.05, 3.63) is 59.9 Å². The van der Waals surface area contributed by atoms with E-state index in [-0.39, 0.29) is 0 Å². The van der Waals surface area contributed by atoms with E-state index in [9.17, 15) is 0 Å². The molecule has 0 radical (unpaired) electrons. The molecule has 0 aliphatic carbocycles. The fraction of sp³-hybridized carbons (Fsp3) is 0.143. The lowest BCUT2D eigenvalue weighted by Crippen LogP contribution is -2.09. The zero-order chi connectivity index (χ0) is 12.8. The number of nitrogens with zero attached hydrogens (tertiary/aromatic N) is 1. The Balaban J connectivity index is 1.85. The zero-order valence-corrected chi connectivity index (χ0v) is 10.8. The summed E-state index contributed by atoms with van der Waals surface area (Å²) in [6, 6.07) is 11.9. The number of thiocarbonyl (C=S) groups is 1. The summed E-state index contributed by atoms with van der Waals surface area (Å²) in [5.41, 5.74) is 8.79. The van der Waals surface area contributed by atoms with Crippen LogP contribution in [0, 0.1) is 0 Å². The number of benzene rings is 1. The van der Waals surface area contributed by atoms with Crippen LogP contribution in [-0.4, -0.2) is 16.5 Å². The summed E-state index contributed by atoms with van der Waals surface area (Å²) in [6.07, 6.45) is 4.60. The number of hydrogen-bond donors (Lipinski definition) is 2. The lowest BCUT2D eigenvalue weighted by molar-refractivity contribution is 1.01. The average Bonchev–Trinajstić information content (AvgIpc) is 2.40. The molecule has 1 heterocycles. The molecule has 18 heavy (non-hydrogen) atoms. The van der Waals surface area contributed by atoms with Gasteiger partial charge in [0.1, 0.15) is 4.99 Å². The third kappa shape index (κ3) is 3.53. The van der Waals surface area contributed by atoms with Crippen molar-refractivity contribution in [3.63, 3.8) is 0 Å². The van der Waals surface area contributed by atoms with Crippen LogP contribution >= 0.6 is 12.2 Å². The first-order valence-electron chi connectivity index (χ1n) is 5.78. The van der Waals surface area contributed by atoms with E-state index in [0.29, 0.717) is 4.99 Å². The second-order valence-corrected chi connectivity index (χ2v) is 4.41. The summed E-state index contributed by atoms with van der Waals surface area (Å²) in [7, 11) is 0. The normalized spacial score (nSPS) is 10.0. The number of nitrogens with two attached hydrogens (primary N) is 1. The highest BCUT2D eigenvalue weighted by Gasteiger charge is 1.97. The Bertz CT molecular complexity index is 508. The number of nitrogens with one attached hydrogen (secondary N) is 1. The first-order valence-corrected chi connectivity index (χ1v) is 6.19. The summed E-state index contributed by atoms with van der Waals surface area (Å²) >= 11 is 4.91. The fourth-order valence-electron chi connectivity index (χ4n) is 1.65. The molecule has 0 bridgehead atoms. The minimum Gasteiger partial charge on any atom is -0.389 e. The van der Waals surface area contributed by atoms with Crippen molar-refractivity contribution in [2.75, 3.05) is 11.9 Å². The van der Waals surface area contributed by atoms with Crippen LogP contribution in [0.25, 0.3) is 0 Å². The van der Waals surface area contributed by atoms with Crippen LogP contribution in [0.15, 0.2) is 48.8 Å². The summed E-state index contributed by atoms with van der Waals surface area (Å²) in [5.74, 6) is 0. The Labute approximate surface area is 112 Å². The van der Waals surface area contributed by atoms with Crippen molar-refractivity contribution in [1.82, 2.24) is 4.98 Å². The molecule has 3 N–H and O–H groups in total. The Morgan fingerprint density at radius 3 is 2.39 bits per heavy atom. The van der Waals surface area contributed by atoms with Gasteiger partial charge in [-0.05, 0) is 48.4 Å². The van der Waals surface area contributed by atoms with Gasteiger partial charge in [0, 0.05) is 30.2 Å². The van der Waals surface area contributed by atoms with Gasteiger partial charge in [0.25, 0.3) is 0 Å². The molecule has 0 fully saturated rings. The number of anilines is 1. The van der Waals surface area contributed by atoms with E-state index in [1.807, 2.05) is 48.8 Å². The molecular weight excluding hydrogens is 242 g/mol. The molecule has 0 saturated heterocycles. The maximum absolute atomic E-state index is 5.55. The van der Waals surface area contributed by atoms with Crippen molar-refractivity contribution < 1.29 is 0 Å². The van der Waals surface area contributed by atoms with Crippen molar-refractivity contribution in [2.24, 2.45) is 5.73 Å². The van der Waals surface area contributed by atoms with Gasteiger partial charge in [-0.1, -0.05) is 12.2 Å². The van der Waals surface area contributed by atoms with E-state index in [1.54, 1.807) is 0 Å². The van der Waals surface area contributed by atoms with Gasteiger partial charge in [-0.25, -0.2) is 0 Å². The third-order valence-corrected chi connectivity index (χ3v) is 2.90. The van der Waals surface area contributed by atoms with Gasteiger partial charge in [0.2, 0.25) is 0 Å². The second-order valence-electron chi connectivity index (χ2n) is 3.97. The van der Waals surface area contributed by atoms with E-state index in [4.69, 9.17) is 18.0 Å². The quantitative estimate of drug-likeness (QED) is 0.807. The number of aromatic nitrogens is 1. The van der Waals surface area contributed by atoms with Crippen molar-refractivity contribution in [2.45, 2.75) is 6.42 Å². The predicted molar refractivity (Wildman–Crippen MR) is 78.8 cm³/mol. The highest BCUT2D eigenvalue weighted by molar-refractivity contribution is 7.80. The molecule has 1 aromatic carbocycles. The molecule has 4 heteroatoms. The molecule has 2 rings (SSSR count). The maximum Gasteiger partial charge on any atom is 0.103 e. The first-order chi connectivity index (χ1) is 8.75.